The molecule has 0 saturated carbocycles. The highest BCUT2D eigenvalue weighted by Crippen LogP contribution is 2.25. The van der Waals surface area contributed by atoms with Crippen LogP contribution in [0.5, 0.6) is 5.75 Å². The predicted octanol–water partition coefficient (Wildman–Crippen LogP) is 7.97. The van der Waals surface area contributed by atoms with E-state index in [-0.39, 0.29) is 6.10 Å². The van der Waals surface area contributed by atoms with Gasteiger partial charge in [-0.05, 0) is 48.6 Å². The van der Waals surface area contributed by atoms with Crippen molar-refractivity contribution in [2.75, 3.05) is 13.2 Å². The van der Waals surface area contributed by atoms with Gasteiger partial charge in [-0.1, -0.05) is 88.8 Å². The van der Waals surface area contributed by atoms with E-state index in [9.17, 15) is 0 Å². The lowest BCUT2D eigenvalue weighted by atomic mass is 10.0. The molecular weight excluding hydrogens is 344 g/mol. The number of rotatable bonds is 14. The van der Waals surface area contributed by atoms with E-state index in [4.69, 9.17) is 9.47 Å². The SMILES string of the molecule is CCCCCCOc1ccc(-c2ccc(C(C)OCCCCCC)cc2)cc1. The van der Waals surface area contributed by atoms with E-state index >= 15 is 0 Å². The first-order chi connectivity index (χ1) is 13.7. The second kappa shape index (κ2) is 13.4. The summed E-state index contributed by atoms with van der Waals surface area (Å²) in [6, 6.07) is 17.2. The van der Waals surface area contributed by atoms with Crippen LogP contribution < -0.4 is 4.74 Å². The van der Waals surface area contributed by atoms with Gasteiger partial charge in [-0.3, -0.25) is 0 Å². The average Bonchev–Trinajstić information content (AvgIpc) is 2.74. The lowest BCUT2D eigenvalue weighted by molar-refractivity contribution is 0.0628. The highest BCUT2D eigenvalue weighted by atomic mass is 16.5. The lowest BCUT2D eigenvalue weighted by Crippen LogP contribution is -2.01. The summed E-state index contributed by atoms with van der Waals surface area (Å²) in [5.41, 5.74) is 3.69. The third kappa shape index (κ3) is 8.06. The van der Waals surface area contributed by atoms with Gasteiger partial charge in [0, 0.05) is 6.61 Å². The molecular formula is C26H38O2. The van der Waals surface area contributed by atoms with Gasteiger partial charge >= 0.3 is 0 Å². The van der Waals surface area contributed by atoms with Crippen molar-refractivity contribution in [2.24, 2.45) is 0 Å². The standard InChI is InChI=1S/C26H38O2/c1-4-6-8-10-20-27-22(3)23-12-14-24(15-13-23)25-16-18-26(19-17-25)28-21-11-9-7-5-2/h12-19,22H,4-11,20-21H2,1-3H3. The van der Waals surface area contributed by atoms with Gasteiger partial charge in [-0.25, -0.2) is 0 Å². The van der Waals surface area contributed by atoms with Crippen LogP contribution in [0, 0.1) is 0 Å². The molecule has 28 heavy (non-hydrogen) atoms. The first kappa shape index (κ1) is 22.5. The topological polar surface area (TPSA) is 18.5 Å². The highest BCUT2D eigenvalue weighted by Gasteiger charge is 2.06. The molecule has 0 aliphatic heterocycles. The van der Waals surface area contributed by atoms with Crippen LogP contribution in [0.3, 0.4) is 0 Å². The fourth-order valence-electron chi connectivity index (χ4n) is 3.29. The number of hydrogen-bond acceptors (Lipinski definition) is 2. The van der Waals surface area contributed by atoms with Crippen LogP contribution in [-0.2, 0) is 4.74 Å². The third-order valence-corrected chi connectivity index (χ3v) is 5.20. The molecule has 0 spiro atoms. The van der Waals surface area contributed by atoms with Gasteiger partial charge < -0.3 is 9.47 Å². The summed E-state index contributed by atoms with van der Waals surface area (Å²) >= 11 is 0. The number of hydrogen-bond donors (Lipinski definition) is 0. The molecule has 0 N–H and O–H groups in total. The minimum Gasteiger partial charge on any atom is -0.494 e. The van der Waals surface area contributed by atoms with Crippen molar-refractivity contribution < 1.29 is 9.47 Å². The monoisotopic (exact) mass is 382 g/mol. The van der Waals surface area contributed by atoms with Gasteiger partial charge in [0.25, 0.3) is 0 Å². The number of ether oxygens (including phenoxy) is 2. The smallest absolute Gasteiger partial charge is 0.119 e. The van der Waals surface area contributed by atoms with Gasteiger partial charge in [0.2, 0.25) is 0 Å². The van der Waals surface area contributed by atoms with Crippen LogP contribution >= 0.6 is 0 Å². The summed E-state index contributed by atoms with van der Waals surface area (Å²) in [4.78, 5) is 0. The number of unbranched alkanes of at least 4 members (excludes halogenated alkanes) is 6. The second-order valence-corrected chi connectivity index (χ2v) is 7.63. The Balaban J connectivity index is 1.80. The summed E-state index contributed by atoms with van der Waals surface area (Å²) in [5, 5.41) is 0. The Morgan fingerprint density at radius 2 is 1.18 bits per heavy atom. The largest absolute Gasteiger partial charge is 0.494 e. The van der Waals surface area contributed by atoms with E-state index in [0.29, 0.717) is 0 Å². The van der Waals surface area contributed by atoms with E-state index in [1.54, 1.807) is 0 Å². The zero-order valence-corrected chi connectivity index (χ0v) is 18.1. The fourth-order valence-corrected chi connectivity index (χ4v) is 3.29. The van der Waals surface area contributed by atoms with Crippen molar-refractivity contribution in [2.45, 2.75) is 78.2 Å². The molecule has 0 aliphatic carbocycles. The normalized spacial score (nSPS) is 12.1. The fraction of sp³-hybridized carbons (Fsp3) is 0.538. The molecule has 0 aromatic heterocycles. The van der Waals surface area contributed by atoms with Crippen LogP contribution in [0.1, 0.15) is 83.8 Å². The molecule has 2 rings (SSSR count). The summed E-state index contributed by atoms with van der Waals surface area (Å²) in [7, 11) is 0. The van der Waals surface area contributed by atoms with E-state index in [1.165, 1.54) is 55.2 Å². The summed E-state index contributed by atoms with van der Waals surface area (Å²) in [6.07, 6.45) is 10.1. The van der Waals surface area contributed by atoms with Crippen LogP contribution in [-0.4, -0.2) is 13.2 Å². The molecule has 2 nitrogen and oxygen atoms in total. The Kier molecular flexibility index (Phi) is 10.8. The lowest BCUT2D eigenvalue weighted by Gasteiger charge is -2.14. The molecule has 2 aromatic carbocycles. The average molecular weight is 383 g/mol. The summed E-state index contributed by atoms with van der Waals surface area (Å²) in [6.45, 7) is 8.27. The molecule has 2 heteroatoms. The molecule has 0 aliphatic rings. The van der Waals surface area contributed by atoms with E-state index < -0.39 is 0 Å². The molecule has 0 saturated heterocycles. The van der Waals surface area contributed by atoms with Gasteiger partial charge in [0.1, 0.15) is 5.75 Å². The van der Waals surface area contributed by atoms with Crippen LogP contribution in [0.4, 0.5) is 0 Å². The summed E-state index contributed by atoms with van der Waals surface area (Å²) < 4.78 is 11.8. The van der Waals surface area contributed by atoms with Gasteiger partial charge in [0.15, 0.2) is 0 Å². The Morgan fingerprint density at radius 3 is 1.75 bits per heavy atom. The Morgan fingerprint density at radius 1 is 0.643 bits per heavy atom. The molecule has 2 aromatic rings. The van der Waals surface area contributed by atoms with Crippen molar-refractivity contribution in [1.29, 1.82) is 0 Å². The van der Waals surface area contributed by atoms with E-state index in [2.05, 4.69) is 69.3 Å². The first-order valence-electron chi connectivity index (χ1n) is 11.2. The van der Waals surface area contributed by atoms with Crippen LogP contribution in [0.2, 0.25) is 0 Å². The predicted molar refractivity (Wildman–Crippen MR) is 120 cm³/mol. The molecule has 0 heterocycles. The van der Waals surface area contributed by atoms with Crippen molar-refractivity contribution in [3.8, 4) is 16.9 Å². The van der Waals surface area contributed by atoms with E-state index in [0.717, 1.165) is 31.8 Å². The zero-order valence-electron chi connectivity index (χ0n) is 18.1. The quantitative estimate of drug-likeness (QED) is 0.308. The maximum Gasteiger partial charge on any atom is 0.119 e. The van der Waals surface area contributed by atoms with Crippen molar-refractivity contribution in [3.05, 3.63) is 54.1 Å². The maximum absolute atomic E-state index is 5.98. The minimum atomic E-state index is 0.152. The summed E-state index contributed by atoms with van der Waals surface area (Å²) in [5.74, 6) is 0.960. The van der Waals surface area contributed by atoms with Crippen molar-refractivity contribution in [1.82, 2.24) is 0 Å². The van der Waals surface area contributed by atoms with Gasteiger partial charge in [-0.15, -0.1) is 0 Å². The molecule has 0 bridgehead atoms. The molecule has 0 amide bonds. The van der Waals surface area contributed by atoms with Gasteiger partial charge in [0.05, 0.1) is 12.7 Å². The Hall–Kier alpha value is -1.80. The third-order valence-electron chi connectivity index (χ3n) is 5.20. The first-order valence-corrected chi connectivity index (χ1v) is 11.2. The molecule has 1 atom stereocenters. The molecule has 0 fully saturated rings. The second-order valence-electron chi connectivity index (χ2n) is 7.63. The maximum atomic E-state index is 5.98. The Labute approximate surface area is 172 Å². The molecule has 0 radical (unpaired) electrons. The van der Waals surface area contributed by atoms with Gasteiger partial charge in [-0.2, -0.15) is 0 Å². The van der Waals surface area contributed by atoms with E-state index in [1.807, 2.05) is 0 Å². The van der Waals surface area contributed by atoms with Crippen LogP contribution in [0.25, 0.3) is 11.1 Å². The minimum absolute atomic E-state index is 0.152. The molecule has 1 unspecified atom stereocenters. The molecule has 154 valence electrons. The Bertz CT molecular complexity index is 630. The van der Waals surface area contributed by atoms with Crippen molar-refractivity contribution in [3.63, 3.8) is 0 Å². The highest BCUT2D eigenvalue weighted by molar-refractivity contribution is 5.64. The van der Waals surface area contributed by atoms with Crippen LogP contribution in [0.15, 0.2) is 48.5 Å². The number of benzene rings is 2. The zero-order chi connectivity index (χ0) is 20.0. The van der Waals surface area contributed by atoms with Crippen molar-refractivity contribution >= 4 is 0 Å².